The number of rotatable bonds is 3. The Hall–Kier alpha value is -0.0400. The Morgan fingerprint density at radius 2 is 1.85 bits per heavy atom. The Morgan fingerprint density at radius 3 is 2.31 bits per heavy atom. The summed E-state index contributed by atoms with van der Waals surface area (Å²) in [5.74, 6) is 2.02. The van der Waals surface area contributed by atoms with Crippen LogP contribution in [0.25, 0.3) is 0 Å². The van der Waals surface area contributed by atoms with Gasteiger partial charge < -0.3 is 4.90 Å². The van der Waals surface area contributed by atoms with Gasteiger partial charge in [0.25, 0.3) is 0 Å². The lowest BCUT2D eigenvalue weighted by Crippen LogP contribution is -2.42. The molecule has 0 amide bonds. The van der Waals surface area contributed by atoms with Crippen molar-refractivity contribution in [3.63, 3.8) is 0 Å². The quantitative estimate of drug-likeness (QED) is 0.647. The van der Waals surface area contributed by atoms with Gasteiger partial charge in [-0.1, -0.05) is 19.8 Å². The van der Waals surface area contributed by atoms with E-state index in [2.05, 4.69) is 25.8 Å². The Balaban J connectivity index is 1.84. The monoisotopic (exact) mass is 181 g/mol. The van der Waals surface area contributed by atoms with Crippen LogP contribution in [0.3, 0.4) is 0 Å². The fourth-order valence-corrected chi connectivity index (χ4v) is 2.74. The van der Waals surface area contributed by atoms with Crippen molar-refractivity contribution in [3.8, 4) is 0 Å². The van der Waals surface area contributed by atoms with E-state index in [1.54, 1.807) is 0 Å². The van der Waals surface area contributed by atoms with Gasteiger partial charge in [0.15, 0.2) is 0 Å². The van der Waals surface area contributed by atoms with E-state index in [-0.39, 0.29) is 0 Å². The normalized spacial score (nSPS) is 36.9. The van der Waals surface area contributed by atoms with E-state index in [1.807, 2.05) is 0 Å². The van der Waals surface area contributed by atoms with E-state index in [0.717, 1.165) is 11.8 Å². The lowest BCUT2D eigenvalue weighted by molar-refractivity contribution is 0.135. The lowest BCUT2D eigenvalue weighted by atomic mass is 9.98. The Morgan fingerprint density at radius 1 is 1.31 bits per heavy atom. The average molecular weight is 181 g/mol. The van der Waals surface area contributed by atoms with Crippen molar-refractivity contribution in [2.45, 2.75) is 51.5 Å². The molecule has 2 atom stereocenters. The first kappa shape index (κ1) is 9.51. The molecule has 0 aliphatic heterocycles. The summed E-state index contributed by atoms with van der Waals surface area (Å²) in [6.07, 6.45) is 7.21. The third-order valence-electron chi connectivity index (χ3n) is 4.39. The van der Waals surface area contributed by atoms with Gasteiger partial charge in [0, 0.05) is 12.1 Å². The molecule has 0 heterocycles. The zero-order valence-corrected chi connectivity index (χ0v) is 9.34. The molecule has 2 rings (SSSR count). The van der Waals surface area contributed by atoms with Crippen LogP contribution in [0.4, 0.5) is 0 Å². The van der Waals surface area contributed by atoms with E-state index in [9.17, 15) is 0 Å². The molecule has 0 aromatic carbocycles. The van der Waals surface area contributed by atoms with Crippen molar-refractivity contribution in [3.05, 3.63) is 0 Å². The van der Waals surface area contributed by atoms with Crippen molar-refractivity contribution in [1.82, 2.24) is 4.90 Å². The first-order valence-corrected chi connectivity index (χ1v) is 5.83. The van der Waals surface area contributed by atoms with Gasteiger partial charge in [-0.15, -0.1) is 0 Å². The van der Waals surface area contributed by atoms with Crippen LogP contribution in [-0.2, 0) is 0 Å². The van der Waals surface area contributed by atoms with Crippen LogP contribution in [0, 0.1) is 11.8 Å². The summed E-state index contributed by atoms with van der Waals surface area (Å²) < 4.78 is 0. The molecule has 2 unspecified atom stereocenters. The minimum atomic E-state index is 0.544. The maximum Gasteiger partial charge on any atom is 0.0178 e. The Labute approximate surface area is 82.5 Å². The second-order valence-electron chi connectivity index (χ2n) is 5.56. The Kier molecular flexibility index (Phi) is 2.39. The second kappa shape index (κ2) is 3.27. The topological polar surface area (TPSA) is 3.24 Å². The van der Waals surface area contributed by atoms with E-state index in [1.165, 1.54) is 38.6 Å². The van der Waals surface area contributed by atoms with E-state index in [4.69, 9.17) is 0 Å². The van der Waals surface area contributed by atoms with Gasteiger partial charge in [-0.3, -0.25) is 0 Å². The molecule has 2 aliphatic rings. The smallest absolute Gasteiger partial charge is 0.0178 e. The van der Waals surface area contributed by atoms with Crippen molar-refractivity contribution in [2.24, 2.45) is 11.8 Å². The van der Waals surface area contributed by atoms with Crippen molar-refractivity contribution < 1.29 is 0 Å². The average Bonchev–Trinajstić information content (AvgIpc) is 2.62. The molecule has 0 saturated heterocycles. The third kappa shape index (κ3) is 1.90. The highest BCUT2D eigenvalue weighted by molar-refractivity contribution is 4.93. The maximum absolute atomic E-state index is 2.63. The van der Waals surface area contributed by atoms with Crippen LogP contribution in [0.5, 0.6) is 0 Å². The van der Waals surface area contributed by atoms with E-state index in [0.29, 0.717) is 5.54 Å². The fraction of sp³-hybridized carbons (Fsp3) is 1.00. The van der Waals surface area contributed by atoms with Gasteiger partial charge in [-0.05, 0) is 45.1 Å². The highest BCUT2D eigenvalue weighted by atomic mass is 15.2. The van der Waals surface area contributed by atoms with Gasteiger partial charge in [-0.25, -0.2) is 0 Å². The minimum Gasteiger partial charge on any atom is -0.301 e. The molecular formula is C12H23N. The van der Waals surface area contributed by atoms with Gasteiger partial charge in [0.2, 0.25) is 0 Å². The SMILES string of the molecule is CC1CC1CN(C)C1(C)CCCC1. The summed E-state index contributed by atoms with van der Waals surface area (Å²) in [6.45, 7) is 6.18. The van der Waals surface area contributed by atoms with Gasteiger partial charge in [0.1, 0.15) is 0 Å². The molecular weight excluding hydrogens is 158 g/mol. The number of hydrogen-bond donors (Lipinski definition) is 0. The number of hydrogen-bond acceptors (Lipinski definition) is 1. The largest absolute Gasteiger partial charge is 0.301 e. The molecule has 13 heavy (non-hydrogen) atoms. The molecule has 0 aromatic rings. The molecule has 2 fully saturated rings. The molecule has 2 saturated carbocycles. The maximum atomic E-state index is 2.63. The van der Waals surface area contributed by atoms with E-state index < -0.39 is 0 Å². The highest BCUT2D eigenvalue weighted by Gasteiger charge is 2.39. The fourth-order valence-electron chi connectivity index (χ4n) is 2.74. The summed E-state index contributed by atoms with van der Waals surface area (Å²) in [5, 5.41) is 0. The summed E-state index contributed by atoms with van der Waals surface area (Å²) >= 11 is 0. The first-order chi connectivity index (χ1) is 6.12. The molecule has 0 aromatic heterocycles. The predicted octanol–water partition coefficient (Wildman–Crippen LogP) is 2.91. The molecule has 0 radical (unpaired) electrons. The zero-order valence-electron chi connectivity index (χ0n) is 9.34. The molecule has 2 aliphatic carbocycles. The molecule has 0 spiro atoms. The standard InChI is InChI=1S/C12H23N/c1-10-8-11(10)9-13(3)12(2)6-4-5-7-12/h10-11H,4-9H2,1-3H3. The summed E-state index contributed by atoms with van der Waals surface area (Å²) in [4.78, 5) is 2.63. The van der Waals surface area contributed by atoms with Crippen LogP contribution in [0.1, 0.15) is 46.0 Å². The van der Waals surface area contributed by atoms with Crippen LogP contribution in [0.15, 0.2) is 0 Å². The van der Waals surface area contributed by atoms with Crippen LogP contribution < -0.4 is 0 Å². The summed E-state index contributed by atoms with van der Waals surface area (Å²) in [7, 11) is 2.33. The molecule has 0 bridgehead atoms. The lowest BCUT2D eigenvalue weighted by Gasteiger charge is -2.35. The zero-order chi connectivity index (χ0) is 9.47. The van der Waals surface area contributed by atoms with Gasteiger partial charge >= 0.3 is 0 Å². The van der Waals surface area contributed by atoms with Gasteiger partial charge in [-0.2, -0.15) is 0 Å². The van der Waals surface area contributed by atoms with Crippen molar-refractivity contribution >= 4 is 0 Å². The van der Waals surface area contributed by atoms with Gasteiger partial charge in [0.05, 0.1) is 0 Å². The minimum absolute atomic E-state index is 0.544. The second-order valence-corrected chi connectivity index (χ2v) is 5.56. The summed E-state index contributed by atoms with van der Waals surface area (Å²) in [5.41, 5.74) is 0.544. The summed E-state index contributed by atoms with van der Waals surface area (Å²) in [6, 6.07) is 0. The van der Waals surface area contributed by atoms with Crippen LogP contribution in [-0.4, -0.2) is 24.0 Å². The molecule has 0 N–H and O–H groups in total. The van der Waals surface area contributed by atoms with E-state index >= 15 is 0 Å². The first-order valence-electron chi connectivity index (χ1n) is 5.83. The number of nitrogens with zero attached hydrogens (tertiary/aromatic N) is 1. The highest BCUT2D eigenvalue weighted by Crippen LogP contribution is 2.41. The predicted molar refractivity (Wildman–Crippen MR) is 56.8 cm³/mol. The van der Waals surface area contributed by atoms with Crippen molar-refractivity contribution in [1.29, 1.82) is 0 Å². The third-order valence-corrected chi connectivity index (χ3v) is 4.39. The van der Waals surface area contributed by atoms with Crippen LogP contribution in [0.2, 0.25) is 0 Å². The molecule has 1 heteroatoms. The molecule has 1 nitrogen and oxygen atoms in total. The van der Waals surface area contributed by atoms with Crippen molar-refractivity contribution in [2.75, 3.05) is 13.6 Å². The Bertz CT molecular complexity index is 182. The van der Waals surface area contributed by atoms with Crippen LogP contribution >= 0.6 is 0 Å². The molecule has 76 valence electrons.